The molecule has 3 heteroatoms. The van der Waals surface area contributed by atoms with Crippen LogP contribution in [0.2, 0.25) is 0 Å². The Morgan fingerprint density at radius 1 is 1.00 bits per heavy atom. The highest BCUT2D eigenvalue weighted by atomic mass is 16.5. The molecule has 24 heavy (non-hydrogen) atoms. The average molecular weight is 319 g/mol. The number of hydrogen-bond donors (Lipinski definition) is 0. The molecule has 3 rings (SSSR count). The molecule has 1 aromatic heterocycles. The summed E-state index contributed by atoms with van der Waals surface area (Å²) < 4.78 is 5.14. The van der Waals surface area contributed by atoms with Crippen molar-refractivity contribution in [1.29, 1.82) is 0 Å². The van der Waals surface area contributed by atoms with Crippen LogP contribution in [-0.4, -0.2) is 17.6 Å². The van der Waals surface area contributed by atoms with Crippen molar-refractivity contribution in [1.82, 2.24) is 4.98 Å². The number of ether oxygens (including phenoxy) is 1. The Kier molecular flexibility index (Phi) is 5.22. The summed E-state index contributed by atoms with van der Waals surface area (Å²) >= 11 is 0. The van der Waals surface area contributed by atoms with Gasteiger partial charge >= 0.3 is 5.97 Å². The first kappa shape index (κ1) is 16.2. The molecule has 1 heterocycles. The Bertz CT molecular complexity index is 814. The molecule has 0 aliphatic heterocycles. The lowest BCUT2D eigenvalue weighted by Gasteiger charge is -2.16. The van der Waals surface area contributed by atoms with Gasteiger partial charge in [-0.1, -0.05) is 54.6 Å². The summed E-state index contributed by atoms with van der Waals surface area (Å²) in [6.45, 7) is 2.24. The van der Waals surface area contributed by atoms with Crippen LogP contribution in [0, 0.1) is 0 Å². The van der Waals surface area contributed by atoms with Crippen molar-refractivity contribution in [3.05, 3.63) is 78.0 Å². The lowest BCUT2D eigenvalue weighted by atomic mass is 9.91. The summed E-state index contributed by atoms with van der Waals surface area (Å²) in [5.41, 5.74) is 3.12. The summed E-state index contributed by atoms with van der Waals surface area (Å²) in [5.74, 6) is -0.0916. The van der Waals surface area contributed by atoms with Crippen LogP contribution >= 0.6 is 0 Å². The van der Waals surface area contributed by atoms with Crippen LogP contribution in [0.5, 0.6) is 0 Å². The number of hydrogen-bond acceptors (Lipinski definition) is 3. The lowest BCUT2D eigenvalue weighted by molar-refractivity contribution is -0.143. The minimum absolute atomic E-state index is 0.0684. The third kappa shape index (κ3) is 3.99. The molecule has 1 atom stereocenters. The van der Waals surface area contributed by atoms with Crippen molar-refractivity contribution in [3.63, 3.8) is 0 Å². The van der Waals surface area contributed by atoms with Crippen molar-refractivity contribution >= 4 is 16.9 Å². The van der Waals surface area contributed by atoms with Crippen molar-refractivity contribution < 1.29 is 9.53 Å². The van der Waals surface area contributed by atoms with E-state index in [9.17, 15) is 4.79 Å². The van der Waals surface area contributed by atoms with Gasteiger partial charge in [0, 0.05) is 11.1 Å². The van der Waals surface area contributed by atoms with Crippen LogP contribution in [-0.2, 0) is 16.0 Å². The van der Waals surface area contributed by atoms with Crippen LogP contribution in [0.15, 0.2) is 66.7 Å². The minimum atomic E-state index is -0.160. The molecule has 2 aromatic carbocycles. The van der Waals surface area contributed by atoms with Gasteiger partial charge in [-0.2, -0.15) is 0 Å². The third-order valence-corrected chi connectivity index (χ3v) is 4.10. The van der Waals surface area contributed by atoms with Gasteiger partial charge in [0.25, 0.3) is 0 Å². The van der Waals surface area contributed by atoms with Gasteiger partial charge in [-0.3, -0.25) is 9.78 Å². The SMILES string of the molecule is CCOC(=O)CC(Cc1ccc2ccccc2n1)c1ccccc1. The van der Waals surface area contributed by atoms with Crippen molar-refractivity contribution in [3.8, 4) is 0 Å². The van der Waals surface area contributed by atoms with E-state index >= 15 is 0 Å². The highest BCUT2D eigenvalue weighted by Crippen LogP contribution is 2.25. The van der Waals surface area contributed by atoms with Gasteiger partial charge in [-0.25, -0.2) is 0 Å². The monoisotopic (exact) mass is 319 g/mol. The molecular formula is C21H21NO2. The summed E-state index contributed by atoms with van der Waals surface area (Å²) in [5, 5.41) is 1.13. The molecule has 122 valence electrons. The van der Waals surface area contributed by atoms with Gasteiger partial charge in [-0.05, 0) is 37.0 Å². The molecule has 0 fully saturated rings. The second-order valence-corrected chi connectivity index (χ2v) is 5.82. The van der Waals surface area contributed by atoms with E-state index in [0.29, 0.717) is 19.4 Å². The lowest BCUT2D eigenvalue weighted by Crippen LogP contribution is -2.13. The highest BCUT2D eigenvalue weighted by molar-refractivity contribution is 5.78. The Balaban J connectivity index is 1.85. The number of pyridine rings is 1. The molecule has 0 amide bonds. The number of esters is 1. The normalized spacial score (nSPS) is 12.0. The number of carbonyl (C=O) groups excluding carboxylic acids is 1. The maximum absolute atomic E-state index is 12.0. The first-order chi connectivity index (χ1) is 11.8. The molecular weight excluding hydrogens is 298 g/mol. The maximum atomic E-state index is 12.0. The molecule has 3 nitrogen and oxygen atoms in total. The van der Waals surface area contributed by atoms with Gasteiger partial charge < -0.3 is 4.74 Å². The predicted molar refractivity (Wildman–Crippen MR) is 95.9 cm³/mol. The number of para-hydroxylation sites is 1. The number of fused-ring (bicyclic) bond motifs is 1. The molecule has 0 saturated carbocycles. The topological polar surface area (TPSA) is 39.2 Å². The van der Waals surface area contributed by atoms with Crippen molar-refractivity contribution in [2.45, 2.75) is 25.7 Å². The van der Waals surface area contributed by atoms with E-state index in [1.165, 1.54) is 0 Å². The number of carbonyl (C=O) groups is 1. The number of aromatic nitrogens is 1. The third-order valence-electron chi connectivity index (χ3n) is 4.10. The molecule has 0 aliphatic rings. The predicted octanol–water partition coefficient (Wildman–Crippen LogP) is 4.51. The fraction of sp³-hybridized carbons (Fsp3) is 0.238. The largest absolute Gasteiger partial charge is 0.466 e. The average Bonchev–Trinajstić information content (AvgIpc) is 2.62. The van der Waals surface area contributed by atoms with Gasteiger partial charge in [0.15, 0.2) is 0 Å². The van der Waals surface area contributed by atoms with Gasteiger partial charge in [0.1, 0.15) is 0 Å². The van der Waals surface area contributed by atoms with E-state index in [0.717, 1.165) is 22.2 Å². The summed E-state index contributed by atoms with van der Waals surface area (Å²) in [6.07, 6.45) is 1.08. The summed E-state index contributed by atoms with van der Waals surface area (Å²) in [6, 6.07) is 22.3. The Hall–Kier alpha value is -2.68. The highest BCUT2D eigenvalue weighted by Gasteiger charge is 2.18. The van der Waals surface area contributed by atoms with E-state index < -0.39 is 0 Å². The van der Waals surface area contributed by atoms with E-state index in [-0.39, 0.29) is 11.9 Å². The maximum Gasteiger partial charge on any atom is 0.306 e. The van der Waals surface area contributed by atoms with Gasteiger partial charge in [0.05, 0.1) is 18.5 Å². The molecule has 0 aliphatic carbocycles. The molecule has 1 unspecified atom stereocenters. The summed E-state index contributed by atoms with van der Waals surface area (Å²) in [4.78, 5) is 16.7. The minimum Gasteiger partial charge on any atom is -0.466 e. The van der Waals surface area contributed by atoms with Crippen LogP contribution in [0.3, 0.4) is 0 Å². The number of rotatable bonds is 6. The van der Waals surface area contributed by atoms with E-state index in [1.807, 2.05) is 49.4 Å². The Morgan fingerprint density at radius 3 is 2.54 bits per heavy atom. The molecule has 0 spiro atoms. The first-order valence-electron chi connectivity index (χ1n) is 8.31. The summed E-state index contributed by atoms with van der Waals surface area (Å²) in [7, 11) is 0. The number of benzene rings is 2. The van der Waals surface area contributed by atoms with Gasteiger partial charge in [0.2, 0.25) is 0 Å². The van der Waals surface area contributed by atoms with Crippen LogP contribution in [0.25, 0.3) is 10.9 Å². The van der Waals surface area contributed by atoms with E-state index in [2.05, 4.69) is 24.3 Å². The Labute approximate surface area is 142 Å². The molecule has 0 radical (unpaired) electrons. The zero-order chi connectivity index (χ0) is 16.8. The van der Waals surface area contributed by atoms with E-state index in [4.69, 9.17) is 9.72 Å². The van der Waals surface area contributed by atoms with Crippen molar-refractivity contribution in [2.24, 2.45) is 0 Å². The molecule has 3 aromatic rings. The van der Waals surface area contributed by atoms with Crippen LogP contribution in [0.1, 0.15) is 30.5 Å². The fourth-order valence-corrected chi connectivity index (χ4v) is 2.93. The van der Waals surface area contributed by atoms with Gasteiger partial charge in [-0.15, -0.1) is 0 Å². The first-order valence-corrected chi connectivity index (χ1v) is 8.31. The molecule has 0 N–H and O–H groups in total. The second-order valence-electron chi connectivity index (χ2n) is 5.82. The zero-order valence-electron chi connectivity index (χ0n) is 13.8. The number of nitrogens with zero attached hydrogens (tertiary/aromatic N) is 1. The van der Waals surface area contributed by atoms with Crippen LogP contribution in [0.4, 0.5) is 0 Å². The van der Waals surface area contributed by atoms with E-state index in [1.54, 1.807) is 0 Å². The molecule has 0 saturated heterocycles. The quantitative estimate of drug-likeness (QED) is 0.627. The standard InChI is InChI=1S/C21H21NO2/c1-2-24-21(23)15-18(16-8-4-3-5-9-16)14-19-13-12-17-10-6-7-11-20(17)22-19/h3-13,18H,2,14-15H2,1H3. The smallest absolute Gasteiger partial charge is 0.306 e. The van der Waals surface area contributed by atoms with Crippen molar-refractivity contribution in [2.75, 3.05) is 6.61 Å². The van der Waals surface area contributed by atoms with Crippen LogP contribution < -0.4 is 0 Å². The molecule has 0 bridgehead atoms. The zero-order valence-corrected chi connectivity index (χ0v) is 13.8. The second kappa shape index (κ2) is 7.73. The Morgan fingerprint density at radius 2 is 1.75 bits per heavy atom. The fourth-order valence-electron chi connectivity index (χ4n) is 2.93.